The van der Waals surface area contributed by atoms with Gasteiger partial charge in [-0.2, -0.15) is 10.1 Å². The number of hydrogen-bond donors (Lipinski definition) is 1. The zero-order chi connectivity index (χ0) is 18.8. The molecule has 8 heteroatoms. The molecular formula is C18H13BrCl2N2O3. The van der Waals surface area contributed by atoms with Crippen LogP contribution in [0.1, 0.15) is 5.56 Å². The smallest absolute Gasteiger partial charge is 0.280 e. The minimum atomic E-state index is -0.366. The molecule has 0 fully saturated rings. The Labute approximate surface area is 168 Å². The number of hydrazone groups is 1. The van der Waals surface area contributed by atoms with Crippen LogP contribution in [-0.4, -0.2) is 30.4 Å². The van der Waals surface area contributed by atoms with Crippen molar-refractivity contribution in [1.29, 1.82) is 0 Å². The lowest BCUT2D eigenvalue weighted by Crippen LogP contribution is -2.21. The van der Waals surface area contributed by atoms with Gasteiger partial charge >= 0.3 is 0 Å². The molecule has 0 aromatic heterocycles. The maximum atomic E-state index is 12.9. The molecule has 1 aliphatic rings. The van der Waals surface area contributed by atoms with Crippen LogP contribution in [0.5, 0.6) is 5.75 Å². The Hall–Kier alpha value is -1.86. The van der Waals surface area contributed by atoms with Crippen molar-refractivity contribution in [2.24, 2.45) is 5.10 Å². The molecule has 26 heavy (non-hydrogen) atoms. The summed E-state index contributed by atoms with van der Waals surface area (Å²) in [6.45, 7) is 0.136. The summed E-state index contributed by atoms with van der Waals surface area (Å²) in [4.78, 5) is 12.9. The van der Waals surface area contributed by atoms with Crippen LogP contribution in [-0.2, 0) is 9.53 Å². The van der Waals surface area contributed by atoms with E-state index in [1.54, 1.807) is 36.4 Å². The Balaban J connectivity index is 2.06. The maximum absolute atomic E-state index is 12.9. The molecule has 134 valence electrons. The molecule has 2 aromatic carbocycles. The van der Waals surface area contributed by atoms with Crippen LogP contribution in [0.15, 0.2) is 51.5 Å². The molecule has 0 bridgehead atoms. The Bertz CT molecular complexity index is 924. The van der Waals surface area contributed by atoms with Crippen LogP contribution in [0.3, 0.4) is 0 Å². The Kier molecular flexibility index (Phi) is 5.67. The first-order valence-electron chi connectivity index (χ1n) is 7.46. The van der Waals surface area contributed by atoms with Crippen molar-refractivity contribution in [3.05, 3.63) is 62.1 Å². The third kappa shape index (κ3) is 3.94. The van der Waals surface area contributed by atoms with Crippen LogP contribution in [0.4, 0.5) is 5.69 Å². The standard InChI is InChI=1S/C18H13BrCl2N2O3/c1-26-9-16-15(5-10-4-11(19)2-3-17(10)24)18(25)23(22-16)14-7-12(20)6-13(21)8-14/h2-8,24H,9H2,1H3/b15-5+. The number of phenols is 1. The first-order chi connectivity index (χ1) is 12.4. The highest BCUT2D eigenvalue weighted by Gasteiger charge is 2.31. The molecule has 1 amide bonds. The fraction of sp³-hybridized carbons (Fsp3) is 0.111. The zero-order valence-electron chi connectivity index (χ0n) is 13.5. The average Bonchev–Trinajstić information content (AvgIpc) is 2.87. The van der Waals surface area contributed by atoms with E-state index in [4.69, 9.17) is 27.9 Å². The van der Waals surface area contributed by atoms with Crippen LogP contribution in [0.2, 0.25) is 10.0 Å². The van der Waals surface area contributed by atoms with Gasteiger partial charge in [-0.15, -0.1) is 0 Å². The van der Waals surface area contributed by atoms with Gasteiger partial charge in [0.05, 0.1) is 23.6 Å². The van der Waals surface area contributed by atoms with Crippen LogP contribution < -0.4 is 5.01 Å². The van der Waals surface area contributed by atoms with E-state index in [-0.39, 0.29) is 18.3 Å². The summed E-state index contributed by atoms with van der Waals surface area (Å²) in [6.07, 6.45) is 1.58. The predicted molar refractivity (Wildman–Crippen MR) is 107 cm³/mol. The number of rotatable bonds is 4. The van der Waals surface area contributed by atoms with Crippen molar-refractivity contribution in [3.63, 3.8) is 0 Å². The molecular weight excluding hydrogens is 443 g/mol. The van der Waals surface area contributed by atoms with Gasteiger partial charge in [0.1, 0.15) is 5.75 Å². The topological polar surface area (TPSA) is 62.1 Å². The number of halogens is 3. The number of benzene rings is 2. The quantitative estimate of drug-likeness (QED) is 0.667. The molecule has 0 unspecified atom stereocenters. The van der Waals surface area contributed by atoms with Crippen molar-refractivity contribution in [2.75, 3.05) is 18.7 Å². The highest BCUT2D eigenvalue weighted by atomic mass is 79.9. The van der Waals surface area contributed by atoms with E-state index in [1.807, 2.05) is 0 Å². The number of anilines is 1. The molecule has 0 aliphatic carbocycles. The number of carbonyl (C=O) groups excluding carboxylic acids is 1. The SMILES string of the molecule is COCC1=NN(c2cc(Cl)cc(Cl)c2)C(=O)/C1=C/c1cc(Br)ccc1O. The summed E-state index contributed by atoms with van der Waals surface area (Å²) >= 11 is 15.4. The summed E-state index contributed by atoms with van der Waals surface area (Å²) in [5.74, 6) is -0.315. The highest BCUT2D eigenvalue weighted by Crippen LogP contribution is 2.31. The number of carbonyl (C=O) groups is 1. The van der Waals surface area contributed by atoms with E-state index >= 15 is 0 Å². The second-order valence-corrected chi connectivity index (χ2v) is 7.27. The Morgan fingerprint density at radius 3 is 2.58 bits per heavy atom. The average molecular weight is 456 g/mol. The lowest BCUT2D eigenvalue weighted by atomic mass is 10.1. The molecule has 0 saturated heterocycles. The number of amides is 1. The number of phenolic OH excluding ortho intramolecular Hbond substituents is 1. The summed E-state index contributed by atoms with van der Waals surface area (Å²) in [5.41, 5.74) is 1.68. The molecule has 3 rings (SSSR count). The van der Waals surface area contributed by atoms with Crippen molar-refractivity contribution in [3.8, 4) is 5.75 Å². The van der Waals surface area contributed by atoms with Gasteiger partial charge in [0, 0.05) is 27.2 Å². The molecule has 0 saturated carbocycles. The monoisotopic (exact) mass is 454 g/mol. The van der Waals surface area contributed by atoms with E-state index in [0.717, 1.165) is 4.47 Å². The van der Waals surface area contributed by atoms with E-state index in [9.17, 15) is 9.90 Å². The third-order valence-corrected chi connectivity index (χ3v) is 4.55. The van der Waals surface area contributed by atoms with Crippen LogP contribution in [0, 0.1) is 0 Å². The van der Waals surface area contributed by atoms with Crippen molar-refractivity contribution in [2.45, 2.75) is 0 Å². The first-order valence-corrected chi connectivity index (χ1v) is 9.01. The molecule has 0 radical (unpaired) electrons. The number of nitrogens with zero attached hydrogens (tertiary/aromatic N) is 2. The van der Waals surface area contributed by atoms with Gasteiger partial charge in [-0.05, 0) is 42.5 Å². The summed E-state index contributed by atoms with van der Waals surface area (Å²) in [6, 6.07) is 9.72. The minimum Gasteiger partial charge on any atom is -0.507 e. The largest absolute Gasteiger partial charge is 0.507 e. The molecule has 1 heterocycles. The normalized spacial score (nSPS) is 15.7. The number of aromatic hydroxyl groups is 1. The van der Waals surface area contributed by atoms with E-state index in [2.05, 4.69) is 21.0 Å². The van der Waals surface area contributed by atoms with Crippen LogP contribution >= 0.6 is 39.1 Å². The van der Waals surface area contributed by atoms with Crippen LogP contribution in [0.25, 0.3) is 6.08 Å². The third-order valence-electron chi connectivity index (χ3n) is 3.62. The Morgan fingerprint density at radius 2 is 1.92 bits per heavy atom. The number of hydrogen-bond acceptors (Lipinski definition) is 4. The summed E-state index contributed by atoms with van der Waals surface area (Å²) in [7, 11) is 1.51. The second kappa shape index (κ2) is 7.80. The first kappa shape index (κ1) is 18.9. The number of ether oxygens (including phenoxy) is 1. The van der Waals surface area contributed by atoms with Gasteiger partial charge in [0.15, 0.2) is 0 Å². The summed E-state index contributed by atoms with van der Waals surface area (Å²) < 4.78 is 5.93. The lowest BCUT2D eigenvalue weighted by molar-refractivity contribution is -0.114. The van der Waals surface area contributed by atoms with Gasteiger partial charge < -0.3 is 9.84 Å². The molecule has 1 aliphatic heterocycles. The molecule has 5 nitrogen and oxygen atoms in total. The lowest BCUT2D eigenvalue weighted by Gasteiger charge is -2.12. The van der Waals surface area contributed by atoms with Crippen molar-refractivity contribution < 1.29 is 14.6 Å². The molecule has 0 atom stereocenters. The second-order valence-electron chi connectivity index (χ2n) is 5.49. The molecule has 2 aromatic rings. The van der Waals surface area contributed by atoms with Gasteiger partial charge in [-0.1, -0.05) is 39.1 Å². The molecule has 1 N–H and O–H groups in total. The predicted octanol–water partition coefficient (Wildman–Crippen LogP) is 4.89. The van der Waals surface area contributed by atoms with E-state index in [1.165, 1.54) is 18.2 Å². The van der Waals surface area contributed by atoms with E-state index in [0.29, 0.717) is 32.6 Å². The highest BCUT2D eigenvalue weighted by molar-refractivity contribution is 9.10. The fourth-order valence-electron chi connectivity index (χ4n) is 2.48. The fourth-order valence-corrected chi connectivity index (χ4v) is 3.37. The maximum Gasteiger partial charge on any atom is 0.280 e. The summed E-state index contributed by atoms with van der Waals surface area (Å²) in [5, 5.41) is 16.4. The van der Waals surface area contributed by atoms with Gasteiger partial charge in [-0.3, -0.25) is 4.79 Å². The number of methoxy groups -OCH3 is 1. The zero-order valence-corrected chi connectivity index (χ0v) is 16.6. The van der Waals surface area contributed by atoms with Crippen molar-refractivity contribution >= 4 is 62.5 Å². The minimum absolute atomic E-state index is 0.0505. The van der Waals surface area contributed by atoms with Crippen molar-refractivity contribution in [1.82, 2.24) is 0 Å². The Morgan fingerprint density at radius 1 is 1.23 bits per heavy atom. The van der Waals surface area contributed by atoms with Gasteiger partial charge in [0.2, 0.25) is 0 Å². The van der Waals surface area contributed by atoms with Gasteiger partial charge in [-0.25, -0.2) is 0 Å². The van der Waals surface area contributed by atoms with E-state index < -0.39 is 0 Å². The molecule has 0 spiro atoms. The van der Waals surface area contributed by atoms with Gasteiger partial charge in [0.25, 0.3) is 5.91 Å².